The second-order valence-electron chi connectivity index (χ2n) is 6.43. The molecule has 0 aromatic heterocycles. The van der Waals surface area contributed by atoms with Gasteiger partial charge in [0.15, 0.2) is 17.3 Å². The standard InChI is InChI=1S/C17H23NO4/c1-17(2,3)18-16(20)6-4-5-13(19)12-7-8-14-15(11-12)22-10-9-21-14/h7-8,11H,4-6,9-10H2,1-3H3,(H,18,20). The van der Waals surface area contributed by atoms with Crippen molar-refractivity contribution in [1.82, 2.24) is 5.32 Å². The highest BCUT2D eigenvalue weighted by Gasteiger charge is 2.16. The fourth-order valence-corrected chi connectivity index (χ4v) is 2.25. The van der Waals surface area contributed by atoms with Gasteiger partial charge < -0.3 is 14.8 Å². The van der Waals surface area contributed by atoms with Crippen molar-refractivity contribution in [2.75, 3.05) is 13.2 Å². The van der Waals surface area contributed by atoms with Crippen LogP contribution in [0.25, 0.3) is 0 Å². The summed E-state index contributed by atoms with van der Waals surface area (Å²) in [4.78, 5) is 23.9. The lowest BCUT2D eigenvalue weighted by Crippen LogP contribution is -2.40. The maximum absolute atomic E-state index is 12.2. The van der Waals surface area contributed by atoms with Gasteiger partial charge in [-0.15, -0.1) is 0 Å². The van der Waals surface area contributed by atoms with Crippen LogP contribution < -0.4 is 14.8 Å². The summed E-state index contributed by atoms with van der Waals surface area (Å²) < 4.78 is 10.9. The van der Waals surface area contributed by atoms with Crippen LogP contribution in [0.4, 0.5) is 0 Å². The van der Waals surface area contributed by atoms with Crippen molar-refractivity contribution in [3.63, 3.8) is 0 Å². The SMILES string of the molecule is CC(C)(C)NC(=O)CCCC(=O)c1ccc2c(c1)OCCO2. The minimum Gasteiger partial charge on any atom is -0.486 e. The fourth-order valence-electron chi connectivity index (χ4n) is 2.25. The van der Waals surface area contributed by atoms with Crippen LogP contribution in [0.2, 0.25) is 0 Å². The monoisotopic (exact) mass is 305 g/mol. The fraction of sp³-hybridized carbons (Fsp3) is 0.529. The van der Waals surface area contributed by atoms with Gasteiger partial charge in [0.05, 0.1) is 0 Å². The molecule has 0 atom stereocenters. The van der Waals surface area contributed by atoms with Crippen molar-refractivity contribution in [3.8, 4) is 11.5 Å². The molecular formula is C17H23NO4. The largest absolute Gasteiger partial charge is 0.486 e. The molecule has 5 nitrogen and oxygen atoms in total. The summed E-state index contributed by atoms with van der Waals surface area (Å²) in [5, 5.41) is 2.89. The van der Waals surface area contributed by atoms with E-state index in [1.54, 1.807) is 18.2 Å². The van der Waals surface area contributed by atoms with E-state index in [4.69, 9.17) is 9.47 Å². The number of rotatable bonds is 5. The van der Waals surface area contributed by atoms with E-state index in [1.807, 2.05) is 20.8 Å². The number of fused-ring (bicyclic) bond motifs is 1. The van der Waals surface area contributed by atoms with Crippen LogP contribution in [-0.2, 0) is 4.79 Å². The van der Waals surface area contributed by atoms with Crippen LogP contribution in [0.5, 0.6) is 11.5 Å². The minimum atomic E-state index is -0.239. The Morgan fingerprint density at radius 1 is 1.09 bits per heavy atom. The van der Waals surface area contributed by atoms with Gasteiger partial charge in [-0.05, 0) is 45.4 Å². The molecule has 1 N–H and O–H groups in total. The number of carbonyl (C=O) groups excluding carboxylic acids is 2. The molecule has 120 valence electrons. The molecule has 0 spiro atoms. The van der Waals surface area contributed by atoms with E-state index in [0.29, 0.717) is 49.5 Å². The third-order valence-electron chi connectivity index (χ3n) is 3.19. The Hall–Kier alpha value is -2.04. The summed E-state index contributed by atoms with van der Waals surface area (Å²) >= 11 is 0. The van der Waals surface area contributed by atoms with Gasteiger partial charge in [-0.3, -0.25) is 9.59 Å². The average Bonchev–Trinajstić information content (AvgIpc) is 2.44. The Labute approximate surface area is 131 Å². The molecule has 0 saturated carbocycles. The van der Waals surface area contributed by atoms with Crippen molar-refractivity contribution in [1.29, 1.82) is 0 Å². The molecule has 0 radical (unpaired) electrons. The number of carbonyl (C=O) groups is 2. The quantitative estimate of drug-likeness (QED) is 0.850. The zero-order valence-electron chi connectivity index (χ0n) is 13.4. The molecule has 1 aliphatic rings. The second-order valence-corrected chi connectivity index (χ2v) is 6.43. The van der Waals surface area contributed by atoms with Gasteiger partial charge in [-0.1, -0.05) is 0 Å². The third kappa shape index (κ3) is 4.76. The van der Waals surface area contributed by atoms with E-state index in [9.17, 15) is 9.59 Å². The topological polar surface area (TPSA) is 64.6 Å². The Morgan fingerprint density at radius 3 is 2.45 bits per heavy atom. The summed E-state index contributed by atoms with van der Waals surface area (Å²) in [5.74, 6) is 1.28. The molecule has 1 amide bonds. The van der Waals surface area contributed by atoms with E-state index in [-0.39, 0.29) is 17.2 Å². The highest BCUT2D eigenvalue weighted by atomic mass is 16.6. The number of amides is 1. The van der Waals surface area contributed by atoms with Gasteiger partial charge in [-0.2, -0.15) is 0 Å². The number of ether oxygens (including phenoxy) is 2. The van der Waals surface area contributed by atoms with Gasteiger partial charge in [0.25, 0.3) is 0 Å². The van der Waals surface area contributed by atoms with Crippen LogP contribution in [0, 0.1) is 0 Å². The summed E-state index contributed by atoms with van der Waals surface area (Å²) in [6.07, 6.45) is 1.24. The smallest absolute Gasteiger partial charge is 0.220 e. The summed E-state index contributed by atoms with van der Waals surface area (Å²) in [6, 6.07) is 5.21. The molecule has 5 heteroatoms. The first-order valence-corrected chi connectivity index (χ1v) is 7.59. The summed E-state index contributed by atoms with van der Waals surface area (Å²) in [6.45, 7) is 6.84. The lowest BCUT2D eigenvalue weighted by Gasteiger charge is -2.20. The van der Waals surface area contributed by atoms with Crippen LogP contribution in [0.3, 0.4) is 0 Å². The zero-order chi connectivity index (χ0) is 16.2. The van der Waals surface area contributed by atoms with Crippen molar-refractivity contribution < 1.29 is 19.1 Å². The Bertz CT molecular complexity index is 560. The minimum absolute atomic E-state index is 0.0144. The molecule has 2 rings (SSSR count). The van der Waals surface area contributed by atoms with E-state index in [1.165, 1.54) is 0 Å². The van der Waals surface area contributed by atoms with E-state index < -0.39 is 0 Å². The molecule has 0 saturated heterocycles. The molecule has 1 heterocycles. The van der Waals surface area contributed by atoms with Crippen LogP contribution in [-0.4, -0.2) is 30.4 Å². The molecule has 0 aliphatic carbocycles. The molecular weight excluding hydrogens is 282 g/mol. The summed E-state index contributed by atoms with van der Waals surface area (Å²) in [7, 11) is 0. The first kappa shape index (κ1) is 16.3. The maximum atomic E-state index is 12.2. The number of benzene rings is 1. The predicted molar refractivity (Wildman–Crippen MR) is 83.5 cm³/mol. The third-order valence-corrected chi connectivity index (χ3v) is 3.19. The van der Waals surface area contributed by atoms with Gasteiger partial charge in [0.1, 0.15) is 13.2 Å². The van der Waals surface area contributed by atoms with Gasteiger partial charge in [0, 0.05) is 23.9 Å². The highest BCUT2D eigenvalue weighted by Crippen LogP contribution is 2.31. The molecule has 22 heavy (non-hydrogen) atoms. The predicted octanol–water partition coefficient (Wildman–Crippen LogP) is 2.73. The summed E-state index contributed by atoms with van der Waals surface area (Å²) in [5.41, 5.74) is 0.359. The van der Waals surface area contributed by atoms with Crippen molar-refractivity contribution in [2.45, 2.75) is 45.6 Å². The molecule has 0 bridgehead atoms. The van der Waals surface area contributed by atoms with E-state index >= 15 is 0 Å². The van der Waals surface area contributed by atoms with Gasteiger partial charge in [-0.25, -0.2) is 0 Å². The zero-order valence-corrected chi connectivity index (χ0v) is 13.4. The van der Waals surface area contributed by atoms with Crippen LogP contribution in [0.15, 0.2) is 18.2 Å². The Balaban J connectivity index is 1.84. The van der Waals surface area contributed by atoms with Crippen molar-refractivity contribution in [3.05, 3.63) is 23.8 Å². The number of Topliss-reactive ketones (excluding diaryl/α,β-unsaturated/α-hetero) is 1. The Morgan fingerprint density at radius 2 is 1.77 bits per heavy atom. The second kappa shape index (κ2) is 6.81. The highest BCUT2D eigenvalue weighted by molar-refractivity contribution is 5.96. The molecule has 1 aromatic carbocycles. The Kier molecular flexibility index (Phi) is 5.06. The van der Waals surface area contributed by atoms with E-state index in [0.717, 1.165) is 0 Å². The number of hydrogen-bond donors (Lipinski definition) is 1. The van der Waals surface area contributed by atoms with Gasteiger partial charge in [0.2, 0.25) is 5.91 Å². The maximum Gasteiger partial charge on any atom is 0.220 e. The van der Waals surface area contributed by atoms with Crippen LogP contribution in [0.1, 0.15) is 50.4 Å². The normalized spacial score (nSPS) is 13.6. The molecule has 0 unspecified atom stereocenters. The lowest BCUT2D eigenvalue weighted by atomic mass is 10.0. The number of nitrogens with one attached hydrogen (secondary N) is 1. The molecule has 0 fully saturated rings. The first-order valence-electron chi connectivity index (χ1n) is 7.59. The molecule has 1 aliphatic heterocycles. The van der Waals surface area contributed by atoms with Gasteiger partial charge >= 0.3 is 0 Å². The van der Waals surface area contributed by atoms with Crippen LogP contribution >= 0.6 is 0 Å². The molecule has 1 aromatic rings. The lowest BCUT2D eigenvalue weighted by molar-refractivity contribution is -0.122. The van der Waals surface area contributed by atoms with Crippen molar-refractivity contribution in [2.24, 2.45) is 0 Å². The average molecular weight is 305 g/mol. The first-order chi connectivity index (χ1) is 10.3. The number of ketones is 1. The number of hydrogen-bond acceptors (Lipinski definition) is 4. The van der Waals surface area contributed by atoms with Crippen molar-refractivity contribution >= 4 is 11.7 Å². The van der Waals surface area contributed by atoms with E-state index in [2.05, 4.69) is 5.32 Å².